The van der Waals surface area contributed by atoms with Crippen molar-refractivity contribution in [1.82, 2.24) is 20.2 Å². The van der Waals surface area contributed by atoms with Crippen LogP contribution in [0.25, 0.3) is 0 Å². The molecule has 0 aliphatic carbocycles. The van der Waals surface area contributed by atoms with Crippen LogP contribution < -0.4 is 5.32 Å². The number of carboxylic acid groups (broad SMARTS) is 1. The highest BCUT2D eigenvalue weighted by Gasteiger charge is 2.44. The predicted octanol–water partition coefficient (Wildman–Crippen LogP) is 2.33. The Balaban J connectivity index is 0.000000339. The lowest BCUT2D eigenvalue weighted by molar-refractivity contribution is -0.192. The number of likely N-dealkylation sites (tertiary alicyclic amines) is 1. The highest BCUT2D eigenvalue weighted by molar-refractivity contribution is 7.07. The molecule has 2 saturated heterocycles. The molecule has 0 aromatic carbocycles. The van der Waals surface area contributed by atoms with E-state index >= 15 is 0 Å². The molecule has 4 rings (SSSR count). The maximum atomic E-state index is 12.4. The van der Waals surface area contributed by atoms with E-state index in [1.807, 2.05) is 0 Å². The van der Waals surface area contributed by atoms with Gasteiger partial charge in [-0.3, -0.25) is 14.7 Å². The maximum absolute atomic E-state index is 12.4. The third kappa shape index (κ3) is 6.21. The van der Waals surface area contributed by atoms with E-state index < -0.39 is 12.1 Å². The van der Waals surface area contributed by atoms with Gasteiger partial charge in [0, 0.05) is 38.1 Å². The zero-order valence-electron chi connectivity index (χ0n) is 16.3. The van der Waals surface area contributed by atoms with Gasteiger partial charge in [-0.25, -0.2) is 9.78 Å². The Morgan fingerprint density at radius 2 is 2.13 bits per heavy atom. The van der Waals surface area contributed by atoms with Crippen LogP contribution in [-0.2, 0) is 16.1 Å². The second-order valence-corrected chi connectivity index (χ2v) is 7.86. The van der Waals surface area contributed by atoms with Gasteiger partial charge in [-0.1, -0.05) is 0 Å². The Morgan fingerprint density at radius 1 is 1.35 bits per heavy atom. The van der Waals surface area contributed by atoms with Gasteiger partial charge in [0.05, 0.1) is 18.3 Å². The van der Waals surface area contributed by atoms with Crippen molar-refractivity contribution < 1.29 is 32.6 Å². The number of halogens is 3. The number of alkyl halides is 3. The van der Waals surface area contributed by atoms with E-state index in [4.69, 9.17) is 14.6 Å². The Kier molecular flexibility index (Phi) is 7.57. The van der Waals surface area contributed by atoms with Gasteiger partial charge in [0.25, 0.3) is 5.91 Å². The molecule has 12 heteroatoms. The largest absolute Gasteiger partial charge is 0.490 e. The predicted molar refractivity (Wildman–Crippen MR) is 104 cm³/mol. The second kappa shape index (κ2) is 10.2. The molecule has 2 fully saturated rings. The number of ether oxygens (including phenoxy) is 1. The zero-order valence-corrected chi connectivity index (χ0v) is 17.1. The number of carbonyl (C=O) groups excluding carboxylic acids is 1. The number of rotatable bonds is 4. The van der Waals surface area contributed by atoms with Crippen molar-refractivity contribution in [2.75, 3.05) is 13.2 Å². The van der Waals surface area contributed by atoms with E-state index in [9.17, 15) is 18.0 Å². The number of thiophene rings is 1. The second-order valence-electron chi connectivity index (χ2n) is 7.08. The van der Waals surface area contributed by atoms with Crippen LogP contribution in [0.1, 0.15) is 28.9 Å². The number of amides is 1. The summed E-state index contributed by atoms with van der Waals surface area (Å²) in [7, 11) is 0. The van der Waals surface area contributed by atoms with Crippen molar-refractivity contribution in [3.63, 3.8) is 0 Å². The van der Waals surface area contributed by atoms with Crippen LogP contribution >= 0.6 is 11.3 Å². The lowest BCUT2D eigenvalue weighted by atomic mass is 10.0. The summed E-state index contributed by atoms with van der Waals surface area (Å²) >= 11 is 1.72. The van der Waals surface area contributed by atoms with E-state index in [2.05, 4.69) is 37.0 Å². The first-order valence-electron chi connectivity index (χ1n) is 9.49. The van der Waals surface area contributed by atoms with Gasteiger partial charge >= 0.3 is 12.1 Å². The van der Waals surface area contributed by atoms with E-state index in [-0.39, 0.29) is 18.1 Å². The lowest BCUT2D eigenvalue weighted by Crippen LogP contribution is -2.47. The summed E-state index contributed by atoms with van der Waals surface area (Å²) in [5.41, 5.74) is 1.67. The summed E-state index contributed by atoms with van der Waals surface area (Å²) in [5.74, 6) is -2.94. The van der Waals surface area contributed by atoms with Crippen LogP contribution in [0.5, 0.6) is 0 Å². The molecule has 0 saturated carbocycles. The minimum absolute atomic E-state index is 0.0107. The summed E-state index contributed by atoms with van der Waals surface area (Å²) in [4.78, 5) is 31.8. The third-order valence-electron chi connectivity index (χ3n) is 4.95. The first-order chi connectivity index (χ1) is 14.8. The molecule has 1 amide bonds. The Bertz CT molecular complexity index is 867. The minimum Gasteiger partial charge on any atom is -0.475 e. The molecule has 2 aromatic rings. The standard InChI is InChI=1S/C17H20N4O2S.C2HF3O2/c22-17(13-8-18-4-5-19-13)20-14-10-21(9-12-3-7-24-11-12)15-2-1-6-23-16(14)15;3-2(4,5)1(6)7/h3-5,7-8,11,14-16H,1-2,6,9-10H2,(H,20,22);(H,6,7)/t14-,15-,16-;/m1./s1. The van der Waals surface area contributed by atoms with E-state index in [1.165, 1.54) is 18.0 Å². The average molecular weight is 458 g/mol. The van der Waals surface area contributed by atoms with Gasteiger partial charge in [0.2, 0.25) is 0 Å². The quantitative estimate of drug-likeness (QED) is 0.725. The van der Waals surface area contributed by atoms with Crippen molar-refractivity contribution in [1.29, 1.82) is 0 Å². The number of aliphatic carboxylic acids is 1. The summed E-state index contributed by atoms with van der Waals surface area (Å²) in [6, 6.07) is 2.52. The molecule has 8 nitrogen and oxygen atoms in total. The van der Waals surface area contributed by atoms with E-state index in [0.29, 0.717) is 11.7 Å². The molecule has 3 atom stereocenters. The molecule has 2 aromatic heterocycles. The van der Waals surface area contributed by atoms with Crippen LogP contribution in [0, 0.1) is 0 Å². The normalized spacial score (nSPS) is 23.4. The number of nitrogens with zero attached hydrogens (tertiary/aromatic N) is 3. The smallest absolute Gasteiger partial charge is 0.475 e. The summed E-state index contributed by atoms with van der Waals surface area (Å²) in [6.07, 6.45) is 1.75. The van der Waals surface area contributed by atoms with Gasteiger partial charge < -0.3 is 15.2 Å². The molecule has 31 heavy (non-hydrogen) atoms. The van der Waals surface area contributed by atoms with Crippen LogP contribution in [0.15, 0.2) is 35.4 Å². The fraction of sp³-hybridized carbons (Fsp3) is 0.474. The lowest BCUT2D eigenvalue weighted by Gasteiger charge is -2.32. The zero-order chi connectivity index (χ0) is 22.4. The Labute approximate surface area is 180 Å². The number of carboxylic acids is 1. The van der Waals surface area contributed by atoms with Crippen LogP contribution in [-0.4, -0.2) is 69.4 Å². The number of hydrogen-bond acceptors (Lipinski definition) is 7. The highest BCUT2D eigenvalue weighted by Crippen LogP contribution is 2.30. The number of hydrogen-bond donors (Lipinski definition) is 2. The summed E-state index contributed by atoms with van der Waals surface area (Å²) < 4.78 is 37.7. The van der Waals surface area contributed by atoms with E-state index in [0.717, 1.165) is 32.5 Å². The van der Waals surface area contributed by atoms with Crippen molar-refractivity contribution in [3.8, 4) is 0 Å². The number of carbonyl (C=O) groups is 2. The summed E-state index contributed by atoms with van der Waals surface area (Å²) in [6.45, 7) is 2.48. The molecule has 4 heterocycles. The maximum Gasteiger partial charge on any atom is 0.490 e. The Hall–Kier alpha value is -2.57. The van der Waals surface area contributed by atoms with Gasteiger partial charge in [-0.15, -0.1) is 0 Å². The van der Waals surface area contributed by atoms with Crippen LogP contribution in [0.3, 0.4) is 0 Å². The fourth-order valence-electron chi connectivity index (χ4n) is 3.64. The van der Waals surface area contributed by atoms with Crippen molar-refractivity contribution in [3.05, 3.63) is 46.7 Å². The van der Waals surface area contributed by atoms with Crippen molar-refractivity contribution in [2.24, 2.45) is 0 Å². The van der Waals surface area contributed by atoms with Crippen molar-refractivity contribution in [2.45, 2.75) is 43.8 Å². The number of fused-ring (bicyclic) bond motifs is 1. The fourth-order valence-corrected chi connectivity index (χ4v) is 4.30. The van der Waals surface area contributed by atoms with Crippen LogP contribution in [0.4, 0.5) is 13.2 Å². The molecular formula is C19H21F3N4O4S. The highest BCUT2D eigenvalue weighted by atomic mass is 32.1. The Morgan fingerprint density at radius 3 is 2.74 bits per heavy atom. The third-order valence-corrected chi connectivity index (χ3v) is 5.68. The SMILES string of the molecule is O=C(N[C@@H]1CN(Cc2ccsc2)[C@@H]2CCCO[C@@H]21)c1cnccn1.O=C(O)C(F)(F)F. The van der Waals surface area contributed by atoms with Gasteiger partial charge in [-0.05, 0) is 35.2 Å². The molecule has 0 bridgehead atoms. The monoisotopic (exact) mass is 458 g/mol. The molecule has 0 spiro atoms. The number of nitrogens with one attached hydrogen (secondary N) is 1. The topological polar surface area (TPSA) is 105 Å². The van der Waals surface area contributed by atoms with Crippen LogP contribution in [0.2, 0.25) is 0 Å². The minimum atomic E-state index is -5.08. The molecule has 2 N–H and O–H groups in total. The molecule has 0 radical (unpaired) electrons. The van der Waals surface area contributed by atoms with Gasteiger partial charge in [-0.2, -0.15) is 24.5 Å². The number of aromatic nitrogens is 2. The molecule has 0 unspecified atom stereocenters. The first kappa shape index (κ1) is 23.1. The average Bonchev–Trinajstić information content (AvgIpc) is 3.37. The van der Waals surface area contributed by atoms with Gasteiger partial charge in [0.15, 0.2) is 0 Å². The molecule has 2 aliphatic heterocycles. The van der Waals surface area contributed by atoms with Crippen molar-refractivity contribution >= 4 is 23.2 Å². The first-order valence-corrected chi connectivity index (χ1v) is 10.4. The van der Waals surface area contributed by atoms with Gasteiger partial charge in [0.1, 0.15) is 5.69 Å². The molecular weight excluding hydrogens is 437 g/mol. The van der Waals surface area contributed by atoms with E-state index in [1.54, 1.807) is 17.5 Å². The summed E-state index contributed by atoms with van der Waals surface area (Å²) in [5, 5.41) is 14.5. The molecule has 2 aliphatic rings. The molecule has 168 valence electrons.